The number of amides is 1. The van der Waals surface area contributed by atoms with E-state index in [1.807, 2.05) is 17.5 Å². The number of nitrogens with one attached hydrogen (secondary N) is 1. The minimum atomic E-state index is -0.130. The van der Waals surface area contributed by atoms with Gasteiger partial charge in [0, 0.05) is 21.9 Å². The fraction of sp³-hybridized carbons (Fsp3) is 0.278. The number of carbonyl (C=O) groups excluding carboxylic acids is 1. The number of halogens is 1. The van der Waals surface area contributed by atoms with Gasteiger partial charge in [-0.25, -0.2) is 9.67 Å². The molecule has 5 nitrogen and oxygen atoms in total. The molecule has 0 aliphatic rings. The summed E-state index contributed by atoms with van der Waals surface area (Å²) < 4.78 is 1.64. The molecule has 0 aliphatic heterocycles. The van der Waals surface area contributed by atoms with Crippen molar-refractivity contribution in [2.24, 2.45) is 0 Å². The Labute approximate surface area is 155 Å². The molecule has 0 aliphatic carbocycles. The molecule has 1 amide bonds. The molecule has 130 valence electrons. The Kier molecular flexibility index (Phi) is 4.92. The number of benzene rings is 1. The number of nitrogens with zero attached hydrogens (tertiary/aromatic N) is 3. The molecule has 3 rings (SSSR count). The third-order valence-corrected chi connectivity index (χ3v) is 5.05. The lowest BCUT2D eigenvalue weighted by Gasteiger charge is -2.13. The lowest BCUT2D eigenvalue weighted by atomic mass is 9.98. The molecule has 25 heavy (non-hydrogen) atoms. The summed E-state index contributed by atoms with van der Waals surface area (Å²) in [5, 5.41) is 10.7. The molecule has 0 saturated heterocycles. The van der Waals surface area contributed by atoms with Crippen LogP contribution >= 0.6 is 22.9 Å². The minimum Gasteiger partial charge on any atom is -0.310 e. The Morgan fingerprint density at radius 2 is 2.12 bits per heavy atom. The van der Waals surface area contributed by atoms with Gasteiger partial charge in [0.2, 0.25) is 5.91 Å². The van der Waals surface area contributed by atoms with Crippen molar-refractivity contribution >= 4 is 34.7 Å². The molecule has 2 aromatic heterocycles. The maximum atomic E-state index is 12.4. The predicted molar refractivity (Wildman–Crippen MR) is 102 cm³/mol. The van der Waals surface area contributed by atoms with Crippen molar-refractivity contribution in [1.82, 2.24) is 14.8 Å². The van der Waals surface area contributed by atoms with Crippen LogP contribution in [-0.2, 0) is 16.6 Å². The number of aromatic nitrogens is 3. The van der Waals surface area contributed by atoms with Gasteiger partial charge in [-0.1, -0.05) is 38.4 Å². The van der Waals surface area contributed by atoms with Crippen LogP contribution in [0.3, 0.4) is 0 Å². The van der Waals surface area contributed by atoms with E-state index < -0.39 is 0 Å². The molecule has 0 unspecified atom stereocenters. The molecule has 0 atom stereocenters. The largest absolute Gasteiger partial charge is 0.310 e. The quantitative estimate of drug-likeness (QED) is 0.733. The van der Waals surface area contributed by atoms with Crippen LogP contribution < -0.4 is 5.32 Å². The average molecular weight is 375 g/mol. The second-order valence-corrected chi connectivity index (χ2v) is 8.02. The summed E-state index contributed by atoms with van der Waals surface area (Å²) >= 11 is 7.62. The number of hydrogen-bond donors (Lipinski definition) is 1. The summed E-state index contributed by atoms with van der Waals surface area (Å²) in [4.78, 5) is 16.9. The highest BCUT2D eigenvalue weighted by Gasteiger charge is 2.19. The van der Waals surface area contributed by atoms with Gasteiger partial charge in [-0.15, -0.1) is 11.3 Å². The second kappa shape index (κ2) is 6.98. The first-order valence-electron chi connectivity index (χ1n) is 7.87. The third-order valence-electron chi connectivity index (χ3n) is 3.50. The van der Waals surface area contributed by atoms with Crippen LogP contribution in [0.25, 0.3) is 5.69 Å². The van der Waals surface area contributed by atoms with Crippen LogP contribution in [0.5, 0.6) is 0 Å². The molecule has 0 saturated carbocycles. The first-order valence-corrected chi connectivity index (χ1v) is 9.13. The van der Waals surface area contributed by atoms with E-state index in [-0.39, 0.29) is 17.7 Å². The van der Waals surface area contributed by atoms with Crippen molar-refractivity contribution in [3.63, 3.8) is 0 Å². The van der Waals surface area contributed by atoms with Gasteiger partial charge in [-0.3, -0.25) is 4.79 Å². The summed E-state index contributed by atoms with van der Waals surface area (Å²) in [6.07, 6.45) is 1.87. The van der Waals surface area contributed by atoms with Gasteiger partial charge in [0.25, 0.3) is 0 Å². The fourth-order valence-corrected chi connectivity index (χ4v) is 3.39. The lowest BCUT2D eigenvalue weighted by Crippen LogP contribution is -2.18. The van der Waals surface area contributed by atoms with Gasteiger partial charge in [0.15, 0.2) is 0 Å². The summed E-state index contributed by atoms with van der Waals surface area (Å²) in [7, 11) is 0. The van der Waals surface area contributed by atoms with Crippen molar-refractivity contribution in [1.29, 1.82) is 0 Å². The zero-order chi connectivity index (χ0) is 18.0. The highest BCUT2D eigenvalue weighted by Crippen LogP contribution is 2.26. The van der Waals surface area contributed by atoms with E-state index in [9.17, 15) is 4.79 Å². The summed E-state index contributed by atoms with van der Waals surface area (Å²) in [5.74, 6) is 0.466. The molecule has 0 radical (unpaired) electrons. The van der Waals surface area contributed by atoms with E-state index in [0.29, 0.717) is 10.8 Å². The van der Waals surface area contributed by atoms with Crippen molar-refractivity contribution < 1.29 is 4.79 Å². The minimum absolute atomic E-state index is 0.00934. The number of hydrogen-bond acceptors (Lipinski definition) is 4. The Balaban J connectivity index is 1.72. The average Bonchev–Trinajstić information content (AvgIpc) is 3.16. The lowest BCUT2D eigenvalue weighted by molar-refractivity contribution is -0.115. The maximum absolute atomic E-state index is 12.4. The topological polar surface area (TPSA) is 59.8 Å². The van der Waals surface area contributed by atoms with Crippen LogP contribution in [0.1, 0.15) is 31.5 Å². The second-order valence-electron chi connectivity index (χ2n) is 6.73. The van der Waals surface area contributed by atoms with Gasteiger partial charge >= 0.3 is 0 Å². The Hall–Kier alpha value is -2.18. The molecule has 2 heterocycles. The summed E-state index contributed by atoms with van der Waals surface area (Å²) in [5.41, 5.74) is 1.56. The van der Waals surface area contributed by atoms with Gasteiger partial charge < -0.3 is 5.32 Å². The van der Waals surface area contributed by atoms with E-state index in [4.69, 9.17) is 11.6 Å². The van der Waals surface area contributed by atoms with Gasteiger partial charge in [0.1, 0.15) is 5.82 Å². The summed E-state index contributed by atoms with van der Waals surface area (Å²) in [6, 6.07) is 9.06. The SMILES string of the molecule is CC(C)(C)c1nc(CC(=O)Nc2ccnn2-c2cccc(Cl)c2)cs1. The molecular formula is C18H19ClN4OS. The first kappa shape index (κ1) is 17.6. The van der Waals surface area contributed by atoms with Crippen LogP contribution in [-0.4, -0.2) is 20.7 Å². The van der Waals surface area contributed by atoms with Crippen molar-refractivity contribution in [2.75, 3.05) is 5.32 Å². The van der Waals surface area contributed by atoms with E-state index in [1.165, 1.54) is 0 Å². The number of thiazole rings is 1. The van der Waals surface area contributed by atoms with Gasteiger partial charge in [-0.05, 0) is 18.2 Å². The monoisotopic (exact) mass is 374 g/mol. The Morgan fingerprint density at radius 3 is 2.80 bits per heavy atom. The van der Waals surface area contributed by atoms with Crippen LogP contribution in [0.2, 0.25) is 5.02 Å². The van der Waals surface area contributed by atoms with E-state index >= 15 is 0 Å². The van der Waals surface area contributed by atoms with Crippen LogP contribution in [0, 0.1) is 0 Å². The smallest absolute Gasteiger partial charge is 0.231 e. The molecule has 3 aromatic rings. The van der Waals surface area contributed by atoms with Gasteiger partial charge in [-0.2, -0.15) is 5.10 Å². The normalized spacial score (nSPS) is 11.5. The van der Waals surface area contributed by atoms with Crippen molar-refractivity contribution in [2.45, 2.75) is 32.6 Å². The molecule has 0 spiro atoms. The number of rotatable bonds is 4. The predicted octanol–water partition coefficient (Wildman–Crippen LogP) is 4.46. The van der Waals surface area contributed by atoms with Crippen molar-refractivity contribution in [3.8, 4) is 5.69 Å². The number of anilines is 1. The zero-order valence-electron chi connectivity index (χ0n) is 14.3. The Bertz CT molecular complexity index is 894. The molecule has 1 aromatic carbocycles. The van der Waals surface area contributed by atoms with E-state index in [1.54, 1.807) is 40.4 Å². The summed E-state index contributed by atoms with van der Waals surface area (Å²) in [6.45, 7) is 6.33. The Morgan fingerprint density at radius 1 is 1.32 bits per heavy atom. The van der Waals surface area contributed by atoms with E-state index in [0.717, 1.165) is 16.4 Å². The highest BCUT2D eigenvalue weighted by atomic mass is 35.5. The first-order chi connectivity index (χ1) is 11.8. The molecule has 0 fully saturated rings. The van der Waals surface area contributed by atoms with Crippen LogP contribution in [0.15, 0.2) is 41.9 Å². The maximum Gasteiger partial charge on any atom is 0.231 e. The zero-order valence-corrected chi connectivity index (χ0v) is 15.9. The fourth-order valence-electron chi connectivity index (χ4n) is 2.30. The van der Waals surface area contributed by atoms with Crippen molar-refractivity contribution in [3.05, 3.63) is 57.6 Å². The molecule has 7 heteroatoms. The molecular weight excluding hydrogens is 356 g/mol. The van der Waals surface area contributed by atoms with E-state index in [2.05, 4.69) is 36.2 Å². The van der Waals surface area contributed by atoms with Crippen LogP contribution in [0.4, 0.5) is 5.82 Å². The third kappa shape index (κ3) is 4.27. The highest BCUT2D eigenvalue weighted by molar-refractivity contribution is 7.09. The number of carbonyl (C=O) groups is 1. The molecule has 0 bridgehead atoms. The van der Waals surface area contributed by atoms with Gasteiger partial charge in [0.05, 0.1) is 29.0 Å². The molecule has 1 N–H and O–H groups in total. The standard InChI is InChI=1S/C18H19ClN4OS/c1-18(2,3)17-21-13(11-25-17)10-16(24)22-15-7-8-20-23(15)14-6-4-5-12(19)9-14/h4-9,11H,10H2,1-3H3,(H,22,24).